The zero-order valence-corrected chi connectivity index (χ0v) is 16.9. The van der Waals surface area contributed by atoms with Crippen LogP contribution in [0.4, 0.5) is 0 Å². The van der Waals surface area contributed by atoms with E-state index in [9.17, 15) is 8.42 Å². The Morgan fingerprint density at radius 2 is 1.92 bits per heavy atom. The molecule has 0 radical (unpaired) electrons. The number of thiophene rings is 1. The summed E-state index contributed by atoms with van der Waals surface area (Å²) in [7, 11) is -1.50. The lowest BCUT2D eigenvalue weighted by atomic mass is 10.1. The van der Waals surface area contributed by atoms with E-state index in [-0.39, 0.29) is 5.75 Å². The van der Waals surface area contributed by atoms with Crippen LogP contribution < -0.4 is 10.6 Å². The van der Waals surface area contributed by atoms with Gasteiger partial charge in [0.1, 0.15) is 0 Å². The van der Waals surface area contributed by atoms with Crippen LogP contribution in [0.15, 0.2) is 57.7 Å². The molecule has 1 atom stereocenters. The second kappa shape index (κ2) is 10.3. The summed E-state index contributed by atoms with van der Waals surface area (Å²) in [6.45, 7) is 3.58. The minimum absolute atomic E-state index is 0.121. The number of guanidine groups is 1. The highest BCUT2D eigenvalue weighted by Gasteiger charge is 2.13. The Bertz CT molecular complexity index is 772. The highest BCUT2D eigenvalue weighted by molar-refractivity contribution is 7.91. The largest absolute Gasteiger partial charge is 0.356 e. The van der Waals surface area contributed by atoms with Crippen LogP contribution in [0.25, 0.3) is 0 Å². The highest BCUT2D eigenvalue weighted by atomic mass is 32.2. The molecule has 0 fully saturated rings. The Labute approximate surface area is 160 Å². The van der Waals surface area contributed by atoms with Crippen molar-refractivity contribution in [1.82, 2.24) is 10.6 Å². The standard InChI is InChI=1S/C19H27N3O2S2/c1-16(14-17-8-6-12-25-17)15-22-19(20-2)21-11-7-13-26(23,24)18-9-4-3-5-10-18/h3-6,8-10,12,16H,7,11,13-15H2,1-2H3,(H2,20,21,22). The minimum atomic E-state index is -3.22. The van der Waals surface area contributed by atoms with Crippen LogP contribution in [0.5, 0.6) is 0 Å². The summed E-state index contributed by atoms with van der Waals surface area (Å²) in [6.07, 6.45) is 1.57. The summed E-state index contributed by atoms with van der Waals surface area (Å²) in [5.41, 5.74) is 0. The number of sulfone groups is 1. The SMILES string of the molecule is CN=C(NCCCS(=O)(=O)c1ccccc1)NCC(C)Cc1cccs1. The van der Waals surface area contributed by atoms with Gasteiger partial charge >= 0.3 is 0 Å². The van der Waals surface area contributed by atoms with Crippen LogP contribution >= 0.6 is 11.3 Å². The molecule has 1 unspecified atom stereocenters. The summed E-state index contributed by atoms with van der Waals surface area (Å²) in [4.78, 5) is 5.96. The fraction of sp³-hybridized carbons (Fsp3) is 0.421. The number of rotatable bonds is 9. The van der Waals surface area contributed by atoms with Gasteiger partial charge in [0, 0.05) is 25.0 Å². The van der Waals surface area contributed by atoms with Gasteiger partial charge < -0.3 is 10.6 Å². The van der Waals surface area contributed by atoms with E-state index in [0.29, 0.717) is 29.7 Å². The quantitative estimate of drug-likeness (QED) is 0.390. The first-order chi connectivity index (χ1) is 12.5. The van der Waals surface area contributed by atoms with Crippen molar-refractivity contribution in [1.29, 1.82) is 0 Å². The molecule has 2 rings (SSSR count). The highest BCUT2D eigenvalue weighted by Crippen LogP contribution is 2.13. The maximum atomic E-state index is 12.2. The Balaban J connectivity index is 1.68. The molecule has 5 nitrogen and oxygen atoms in total. The van der Waals surface area contributed by atoms with Gasteiger partial charge in [0.05, 0.1) is 10.6 Å². The molecule has 0 aliphatic carbocycles. The normalized spacial score (nSPS) is 13.4. The van der Waals surface area contributed by atoms with Crippen LogP contribution in [0.3, 0.4) is 0 Å². The van der Waals surface area contributed by atoms with E-state index < -0.39 is 9.84 Å². The zero-order chi connectivity index (χ0) is 18.8. The molecule has 2 aromatic rings. The van der Waals surface area contributed by atoms with Crippen molar-refractivity contribution in [3.8, 4) is 0 Å². The van der Waals surface area contributed by atoms with Gasteiger partial charge in [-0.1, -0.05) is 31.2 Å². The Hall–Kier alpha value is -1.86. The van der Waals surface area contributed by atoms with E-state index in [0.717, 1.165) is 13.0 Å². The summed E-state index contributed by atoms with van der Waals surface area (Å²) < 4.78 is 24.5. The molecular formula is C19H27N3O2S2. The fourth-order valence-electron chi connectivity index (χ4n) is 2.55. The molecule has 142 valence electrons. The first-order valence-corrected chi connectivity index (χ1v) is 11.3. The van der Waals surface area contributed by atoms with Crippen LogP contribution in [-0.2, 0) is 16.3 Å². The maximum Gasteiger partial charge on any atom is 0.190 e. The monoisotopic (exact) mass is 393 g/mol. The van der Waals surface area contributed by atoms with E-state index in [4.69, 9.17) is 0 Å². The van der Waals surface area contributed by atoms with Crippen LogP contribution in [0, 0.1) is 5.92 Å². The second-order valence-corrected chi connectivity index (χ2v) is 9.40. The molecule has 1 heterocycles. The molecule has 0 saturated carbocycles. The van der Waals surface area contributed by atoms with E-state index in [1.165, 1.54) is 4.88 Å². The van der Waals surface area contributed by atoms with Crippen molar-refractivity contribution >= 4 is 27.1 Å². The van der Waals surface area contributed by atoms with Crippen molar-refractivity contribution in [3.05, 3.63) is 52.7 Å². The average molecular weight is 394 g/mol. The van der Waals surface area contributed by atoms with Gasteiger partial charge in [-0.05, 0) is 42.3 Å². The Morgan fingerprint density at radius 3 is 2.58 bits per heavy atom. The molecule has 0 bridgehead atoms. The van der Waals surface area contributed by atoms with E-state index in [1.807, 2.05) is 6.07 Å². The first-order valence-electron chi connectivity index (χ1n) is 8.76. The number of nitrogens with one attached hydrogen (secondary N) is 2. The molecule has 0 aliphatic heterocycles. The maximum absolute atomic E-state index is 12.2. The predicted octanol–water partition coefficient (Wildman–Crippen LogP) is 2.96. The Kier molecular flexibility index (Phi) is 8.12. The Morgan fingerprint density at radius 1 is 1.15 bits per heavy atom. The predicted molar refractivity (Wildman–Crippen MR) is 110 cm³/mol. The lowest BCUT2D eigenvalue weighted by molar-refractivity contribution is 0.561. The molecule has 1 aromatic heterocycles. The zero-order valence-electron chi connectivity index (χ0n) is 15.3. The van der Waals surface area contributed by atoms with Gasteiger partial charge in [-0.2, -0.15) is 0 Å². The summed E-state index contributed by atoms with van der Waals surface area (Å²) in [5, 5.41) is 8.59. The van der Waals surface area contributed by atoms with Gasteiger partial charge in [-0.3, -0.25) is 4.99 Å². The molecular weight excluding hydrogens is 366 g/mol. The molecule has 7 heteroatoms. The molecule has 0 spiro atoms. The van der Waals surface area contributed by atoms with Crippen LogP contribution in [-0.4, -0.2) is 40.3 Å². The number of hydrogen-bond acceptors (Lipinski definition) is 4. The lowest BCUT2D eigenvalue weighted by Crippen LogP contribution is -2.40. The van der Waals surface area contributed by atoms with Gasteiger partial charge in [0.25, 0.3) is 0 Å². The molecule has 0 saturated heterocycles. The van der Waals surface area contributed by atoms with Gasteiger partial charge in [0.2, 0.25) is 0 Å². The third-order valence-electron chi connectivity index (χ3n) is 3.96. The lowest BCUT2D eigenvalue weighted by Gasteiger charge is -2.15. The first kappa shape index (κ1) is 20.5. The van der Waals surface area contributed by atoms with Crippen molar-refractivity contribution in [2.45, 2.75) is 24.7 Å². The van der Waals surface area contributed by atoms with E-state index >= 15 is 0 Å². The minimum Gasteiger partial charge on any atom is -0.356 e. The fourth-order valence-corrected chi connectivity index (χ4v) is 4.75. The average Bonchev–Trinajstić information content (AvgIpc) is 3.14. The van der Waals surface area contributed by atoms with Crippen LogP contribution in [0.1, 0.15) is 18.2 Å². The number of hydrogen-bond donors (Lipinski definition) is 2. The molecule has 0 aliphatic rings. The van der Waals surface area contributed by atoms with Crippen molar-refractivity contribution in [2.75, 3.05) is 25.9 Å². The smallest absolute Gasteiger partial charge is 0.190 e. The number of benzene rings is 1. The van der Waals surface area contributed by atoms with Gasteiger partial charge in [-0.25, -0.2) is 8.42 Å². The van der Waals surface area contributed by atoms with Crippen molar-refractivity contribution in [3.63, 3.8) is 0 Å². The summed E-state index contributed by atoms with van der Waals surface area (Å²) in [5.74, 6) is 1.32. The van der Waals surface area contributed by atoms with E-state index in [1.54, 1.807) is 42.6 Å². The van der Waals surface area contributed by atoms with Crippen molar-refractivity contribution in [2.24, 2.45) is 10.9 Å². The molecule has 2 N–H and O–H groups in total. The van der Waals surface area contributed by atoms with Gasteiger partial charge in [-0.15, -0.1) is 11.3 Å². The topological polar surface area (TPSA) is 70.6 Å². The molecule has 1 aromatic carbocycles. The molecule has 26 heavy (non-hydrogen) atoms. The second-order valence-electron chi connectivity index (χ2n) is 6.25. The van der Waals surface area contributed by atoms with E-state index in [2.05, 4.69) is 40.1 Å². The summed E-state index contributed by atoms with van der Waals surface area (Å²) >= 11 is 1.78. The van der Waals surface area contributed by atoms with Crippen LogP contribution in [0.2, 0.25) is 0 Å². The summed E-state index contributed by atoms with van der Waals surface area (Å²) in [6, 6.07) is 12.8. The number of nitrogens with zero attached hydrogens (tertiary/aromatic N) is 1. The van der Waals surface area contributed by atoms with Crippen molar-refractivity contribution < 1.29 is 8.42 Å². The third kappa shape index (κ3) is 6.80. The third-order valence-corrected chi connectivity index (χ3v) is 6.67. The number of aliphatic imine (C=N–C) groups is 1. The molecule has 0 amide bonds. The van der Waals surface area contributed by atoms with Gasteiger partial charge in [0.15, 0.2) is 15.8 Å².